The number of rotatable bonds is 4. The molecule has 0 aliphatic carbocycles. The van der Waals surface area contributed by atoms with Crippen molar-refractivity contribution in [1.82, 2.24) is 20.9 Å². The normalized spacial score (nSPS) is 11.5. The van der Waals surface area contributed by atoms with Crippen LogP contribution >= 0.6 is 0 Å². The first-order chi connectivity index (χ1) is 14.0. The molecular weight excluding hydrogens is 376 g/mol. The summed E-state index contributed by atoms with van der Waals surface area (Å²) in [7, 11) is 2.96. The van der Waals surface area contributed by atoms with Crippen LogP contribution in [0.4, 0.5) is 0 Å². The second-order valence-corrected chi connectivity index (χ2v) is 5.94. The maximum atomic E-state index is 12.2. The summed E-state index contributed by atoms with van der Waals surface area (Å²) in [5.74, 6) is -1.04. The van der Waals surface area contributed by atoms with Gasteiger partial charge in [-0.2, -0.15) is 0 Å². The van der Waals surface area contributed by atoms with Crippen molar-refractivity contribution < 1.29 is 20.0 Å². The molecule has 152 valence electrons. The first-order valence-electron chi connectivity index (χ1n) is 8.57. The first kappa shape index (κ1) is 21.2. The number of amides is 2. The number of nitrogens with zero attached hydrogens (tertiary/aromatic N) is 4. The Kier molecular flexibility index (Phi) is 7.54. The van der Waals surface area contributed by atoms with Gasteiger partial charge in [-0.25, -0.2) is 0 Å². The van der Waals surface area contributed by atoms with E-state index in [0.717, 1.165) is 0 Å². The summed E-state index contributed by atoms with van der Waals surface area (Å²) < 4.78 is 0. The highest BCUT2D eigenvalue weighted by atomic mass is 16.4. The van der Waals surface area contributed by atoms with Crippen LogP contribution in [-0.2, 0) is 9.59 Å². The molecule has 0 bridgehead atoms. The lowest BCUT2D eigenvalue weighted by atomic mass is 10.2. The quantitative estimate of drug-likeness (QED) is 0.200. The molecule has 2 aromatic rings. The van der Waals surface area contributed by atoms with E-state index < -0.39 is 18.2 Å². The van der Waals surface area contributed by atoms with Crippen molar-refractivity contribution in [2.24, 2.45) is 10.3 Å². The topological polar surface area (TPSA) is 130 Å². The van der Waals surface area contributed by atoms with Crippen molar-refractivity contribution in [3.05, 3.63) is 71.8 Å². The summed E-state index contributed by atoms with van der Waals surface area (Å²) >= 11 is 0. The fourth-order valence-electron chi connectivity index (χ4n) is 2.52. The third kappa shape index (κ3) is 5.96. The number of carbonyl (C=O) groups excluding carboxylic acids is 2. The largest absolute Gasteiger partial charge is 0.409 e. The van der Waals surface area contributed by atoms with E-state index in [2.05, 4.69) is 21.2 Å². The number of nitrogens with one attached hydrogen (secondary N) is 2. The Morgan fingerprint density at radius 1 is 0.759 bits per heavy atom. The summed E-state index contributed by atoms with van der Waals surface area (Å²) in [6.07, 6.45) is -0.504. The summed E-state index contributed by atoms with van der Waals surface area (Å²) in [5, 5.41) is 27.2. The predicted molar refractivity (Wildman–Crippen MR) is 106 cm³/mol. The lowest BCUT2D eigenvalue weighted by Crippen LogP contribution is -2.48. The Morgan fingerprint density at radius 2 is 1.10 bits per heavy atom. The van der Waals surface area contributed by atoms with Crippen LogP contribution in [0.5, 0.6) is 0 Å². The lowest BCUT2D eigenvalue weighted by molar-refractivity contribution is -0.132. The van der Waals surface area contributed by atoms with Crippen molar-refractivity contribution in [3.63, 3.8) is 0 Å². The summed E-state index contributed by atoms with van der Waals surface area (Å²) in [6, 6.07) is 17.5. The molecular formula is C19H22N6O4. The van der Waals surface area contributed by atoms with Crippen molar-refractivity contribution in [3.8, 4) is 0 Å². The molecule has 0 saturated heterocycles. The molecule has 0 radical (unpaired) electrons. The molecule has 10 nitrogen and oxygen atoms in total. The SMILES string of the molecule is CN(NC(=O)CC(=O)NN(C)C(=NO)c1ccccc1)C(=NO)c1ccccc1. The Hall–Kier alpha value is -4.08. The van der Waals surface area contributed by atoms with Crippen molar-refractivity contribution in [2.45, 2.75) is 6.42 Å². The van der Waals surface area contributed by atoms with Gasteiger partial charge in [0.2, 0.25) is 11.8 Å². The summed E-state index contributed by atoms with van der Waals surface area (Å²) in [5.41, 5.74) is 6.06. The maximum absolute atomic E-state index is 12.2. The zero-order valence-electron chi connectivity index (χ0n) is 16.0. The highest BCUT2D eigenvalue weighted by Gasteiger charge is 2.18. The fourth-order valence-corrected chi connectivity index (χ4v) is 2.52. The van der Waals surface area contributed by atoms with Gasteiger partial charge in [0.15, 0.2) is 11.7 Å². The van der Waals surface area contributed by atoms with E-state index in [1.54, 1.807) is 60.7 Å². The van der Waals surface area contributed by atoms with E-state index >= 15 is 0 Å². The van der Waals surface area contributed by atoms with Crippen molar-refractivity contribution >= 4 is 23.5 Å². The highest BCUT2D eigenvalue weighted by Crippen LogP contribution is 2.04. The second-order valence-electron chi connectivity index (χ2n) is 5.94. The van der Waals surface area contributed by atoms with Crippen LogP contribution in [0.25, 0.3) is 0 Å². The standard InChI is InChI=1S/C19H22N6O4/c1-24(18(22-28)14-9-5-3-6-10-14)20-16(26)13-17(27)21-25(2)19(23-29)15-11-7-4-8-12-15/h3-12,28-29H,13H2,1-2H3,(H,20,26)(H,21,27). The van der Waals surface area contributed by atoms with Gasteiger partial charge >= 0.3 is 0 Å². The minimum absolute atomic E-state index is 0.107. The summed E-state index contributed by atoms with van der Waals surface area (Å²) in [6.45, 7) is 0. The minimum atomic E-state index is -0.627. The van der Waals surface area contributed by atoms with Gasteiger partial charge in [-0.3, -0.25) is 30.5 Å². The maximum Gasteiger partial charge on any atom is 0.248 e. The number of hydrazine groups is 2. The van der Waals surface area contributed by atoms with Crippen LogP contribution in [0.15, 0.2) is 71.0 Å². The zero-order chi connectivity index (χ0) is 21.2. The Balaban J connectivity index is 1.92. The molecule has 0 spiro atoms. The van der Waals surface area contributed by atoms with E-state index in [0.29, 0.717) is 11.1 Å². The van der Waals surface area contributed by atoms with Gasteiger partial charge in [-0.05, 0) is 0 Å². The van der Waals surface area contributed by atoms with Gasteiger partial charge in [-0.1, -0.05) is 71.0 Å². The molecule has 0 aliphatic heterocycles. The average molecular weight is 398 g/mol. The fraction of sp³-hybridized carbons (Fsp3) is 0.158. The molecule has 0 aromatic heterocycles. The third-order valence-electron chi connectivity index (χ3n) is 3.79. The van der Waals surface area contributed by atoms with Gasteiger partial charge in [-0.15, -0.1) is 0 Å². The Labute approximate surface area is 167 Å². The predicted octanol–water partition coefficient (Wildman–Crippen LogP) is 0.975. The number of hydrogen-bond acceptors (Lipinski definition) is 6. The monoisotopic (exact) mass is 398 g/mol. The zero-order valence-corrected chi connectivity index (χ0v) is 16.0. The summed E-state index contributed by atoms with van der Waals surface area (Å²) in [4.78, 5) is 24.3. The molecule has 2 rings (SSSR count). The van der Waals surface area contributed by atoms with Crippen LogP contribution in [-0.4, -0.2) is 58.0 Å². The average Bonchev–Trinajstić information content (AvgIpc) is 2.70. The van der Waals surface area contributed by atoms with Crippen LogP contribution < -0.4 is 10.9 Å². The van der Waals surface area contributed by atoms with Crippen molar-refractivity contribution in [2.75, 3.05) is 14.1 Å². The second kappa shape index (κ2) is 10.3. The molecule has 0 aliphatic rings. The molecule has 4 N–H and O–H groups in total. The van der Waals surface area contributed by atoms with E-state index in [4.69, 9.17) is 0 Å². The van der Waals surface area contributed by atoms with Crippen molar-refractivity contribution in [1.29, 1.82) is 0 Å². The van der Waals surface area contributed by atoms with Gasteiger partial charge in [0.25, 0.3) is 0 Å². The molecule has 2 amide bonds. The van der Waals surface area contributed by atoms with Crippen LogP contribution in [0, 0.1) is 0 Å². The van der Waals surface area contributed by atoms with Crippen LogP contribution in [0.1, 0.15) is 17.5 Å². The third-order valence-corrected chi connectivity index (χ3v) is 3.79. The van der Waals surface area contributed by atoms with Gasteiger partial charge in [0.05, 0.1) is 0 Å². The molecule has 10 heteroatoms. The molecule has 0 atom stereocenters. The van der Waals surface area contributed by atoms with Crippen LogP contribution in [0.2, 0.25) is 0 Å². The van der Waals surface area contributed by atoms with Gasteiger partial charge in [0.1, 0.15) is 6.42 Å². The number of carbonyl (C=O) groups is 2. The smallest absolute Gasteiger partial charge is 0.248 e. The Bertz CT molecular complexity index is 813. The van der Waals surface area contributed by atoms with Crippen LogP contribution in [0.3, 0.4) is 0 Å². The number of hydrogen-bond donors (Lipinski definition) is 4. The first-order valence-corrected chi connectivity index (χ1v) is 8.57. The lowest BCUT2D eigenvalue weighted by Gasteiger charge is -2.22. The Morgan fingerprint density at radius 3 is 1.41 bits per heavy atom. The van der Waals surface area contributed by atoms with Gasteiger partial charge < -0.3 is 10.4 Å². The van der Waals surface area contributed by atoms with E-state index in [-0.39, 0.29) is 11.7 Å². The minimum Gasteiger partial charge on any atom is -0.409 e. The molecule has 0 unspecified atom stereocenters. The molecule has 2 aromatic carbocycles. The highest BCUT2D eigenvalue weighted by molar-refractivity contribution is 6.03. The molecule has 0 fully saturated rings. The number of oxime groups is 2. The van der Waals surface area contributed by atoms with E-state index in [9.17, 15) is 20.0 Å². The van der Waals surface area contributed by atoms with E-state index in [1.165, 1.54) is 24.1 Å². The molecule has 0 saturated carbocycles. The number of benzene rings is 2. The van der Waals surface area contributed by atoms with Gasteiger partial charge in [0, 0.05) is 25.2 Å². The molecule has 0 heterocycles. The number of amidine groups is 2. The molecule has 29 heavy (non-hydrogen) atoms. The van der Waals surface area contributed by atoms with E-state index in [1.807, 2.05) is 0 Å².